The topological polar surface area (TPSA) is 81.9 Å². The van der Waals surface area contributed by atoms with E-state index in [-0.39, 0.29) is 17.4 Å². The molecule has 3 aromatic rings. The number of carbonyl (C=O) groups is 1. The zero-order chi connectivity index (χ0) is 17.6. The van der Waals surface area contributed by atoms with Crippen molar-refractivity contribution in [3.05, 3.63) is 95.6 Å². The standard InChI is InChI=1S/C20H16N2O3/c23-16-11-12-17(18(24)13-16)19(14-7-3-1-4-8-14)21-22-20(25)15-9-5-2-6-10-15/h1-13,23-24H,(H,22,25). The van der Waals surface area contributed by atoms with Crippen molar-refractivity contribution >= 4 is 11.6 Å². The van der Waals surface area contributed by atoms with Crippen LogP contribution >= 0.6 is 0 Å². The number of phenols is 2. The van der Waals surface area contributed by atoms with Gasteiger partial charge in [0.15, 0.2) is 0 Å². The summed E-state index contributed by atoms with van der Waals surface area (Å²) < 4.78 is 0. The molecule has 5 heteroatoms. The van der Waals surface area contributed by atoms with Gasteiger partial charge in [0, 0.05) is 22.8 Å². The second-order valence-electron chi connectivity index (χ2n) is 5.33. The van der Waals surface area contributed by atoms with Crippen LogP contribution in [0.25, 0.3) is 0 Å². The van der Waals surface area contributed by atoms with Gasteiger partial charge in [-0.05, 0) is 24.3 Å². The van der Waals surface area contributed by atoms with Crippen LogP contribution in [0.1, 0.15) is 21.5 Å². The maximum atomic E-state index is 12.2. The van der Waals surface area contributed by atoms with Gasteiger partial charge in [-0.1, -0.05) is 48.5 Å². The van der Waals surface area contributed by atoms with Crippen molar-refractivity contribution in [1.29, 1.82) is 0 Å². The van der Waals surface area contributed by atoms with Crippen LogP contribution in [0.15, 0.2) is 84.0 Å². The highest BCUT2D eigenvalue weighted by atomic mass is 16.3. The summed E-state index contributed by atoms with van der Waals surface area (Å²) in [6.45, 7) is 0. The van der Waals surface area contributed by atoms with E-state index >= 15 is 0 Å². The molecule has 0 aromatic heterocycles. The number of nitrogens with one attached hydrogen (secondary N) is 1. The zero-order valence-electron chi connectivity index (χ0n) is 13.3. The zero-order valence-corrected chi connectivity index (χ0v) is 13.3. The second-order valence-corrected chi connectivity index (χ2v) is 5.33. The van der Waals surface area contributed by atoms with Gasteiger partial charge < -0.3 is 10.2 Å². The van der Waals surface area contributed by atoms with Crippen molar-refractivity contribution < 1.29 is 15.0 Å². The number of hydrazone groups is 1. The Hall–Kier alpha value is -3.60. The molecule has 3 rings (SSSR count). The highest BCUT2D eigenvalue weighted by Crippen LogP contribution is 2.25. The lowest BCUT2D eigenvalue weighted by Gasteiger charge is -2.10. The lowest BCUT2D eigenvalue weighted by Crippen LogP contribution is -2.20. The summed E-state index contributed by atoms with van der Waals surface area (Å²) >= 11 is 0. The summed E-state index contributed by atoms with van der Waals surface area (Å²) in [6, 6.07) is 22.1. The van der Waals surface area contributed by atoms with Crippen molar-refractivity contribution in [3.63, 3.8) is 0 Å². The van der Waals surface area contributed by atoms with Crippen LogP contribution in [-0.2, 0) is 0 Å². The van der Waals surface area contributed by atoms with Gasteiger partial charge in [0.1, 0.15) is 17.2 Å². The maximum absolute atomic E-state index is 12.2. The van der Waals surface area contributed by atoms with Crippen LogP contribution in [0.2, 0.25) is 0 Å². The predicted molar refractivity (Wildman–Crippen MR) is 95.8 cm³/mol. The van der Waals surface area contributed by atoms with E-state index in [9.17, 15) is 15.0 Å². The lowest BCUT2D eigenvalue weighted by atomic mass is 10.0. The van der Waals surface area contributed by atoms with Crippen molar-refractivity contribution in [1.82, 2.24) is 5.43 Å². The van der Waals surface area contributed by atoms with Crippen molar-refractivity contribution in [2.45, 2.75) is 0 Å². The molecule has 0 radical (unpaired) electrons. The van der Waals surface area contributed by atoms with E-state index in [1.54, 1.807) is 30.3 Å². The minimum atomic E-state index is -0.354. The van der Waals surface area contributed by atoms with Crippen LogP contribution in [-0.4, -0.2) is 21.8 Å². The fourth-order valence-electron chi connectivity index (χ4n) is 2.36. The molecule has 3 N–H and O–H groups in total. The van der Waals surface area contributed by atoms with E-state index < -0.39 is 0 Å². The predicted octanol–water partition coefficient (Wildman–Crippen LogP) is 3.28. The smallest absolute Gasteiger partial charge is 0.271 e. The molecule has 25 heavy (non-hydrogen) atoms. The van der Waals surface area contributed by atoms with Crippen molar-refractivity contribution in [3.8, 4) is 11.5 Å². The number of benzene rings is 3. The molecular weight excluding hydrogens is 316 g/mol. The first-order valence-electron chi connectivity index (χ1n) is 7.66. The van der Waals surface area contributed by atoms with Crippen LogP contribution < -0.4 is 5.43 Å². The average molecular weight is 332 g/mol. The second kappa shape index (κ2) is 7.31. The Bertz CT molecular complexity index is 907. The Labute approximate surface area is 144 Å². The van der Waals surface area contributed by atoms with Crippen LogP contribution in [0.4, 0.5) is 0 Å². The van der Waals surface area contributed by atoms with Gasteiger partial charge in [0.05, 0.1) is 0 Å². The number of nitrogens with zero attached hydrogens (tertiary/aromatic N) is 1. The van der Waals surface area contributed by atoms with E-state index in [1.807, 2.05) is 36.4 Å². The maximum Gasteiger partial charge on any atom is 0.271 e. The van der Waals surface area contributed by atoms with E-state index in [2.05, 4.69) is 10.5 Å². The molecule has 0 fully saturated rings. The third-order valence-corrected chi connectivity index (χ3v) is 3.59. The molecule has 3 aromatic carbocycles. The Morgan fingerprint density at radius 3 is 2.00 bits per heavy atom. The molecule has 0 aliphatic carbocycles. The minimum Gasteiger partial charge on any atom is -0.508 e. The summed E-state index contributed by atoms with van der Waals surface area (Å²) in [6.07, 6.45) is 0. The number of rotatable bonds is 4. The largest absolute Gasteiger partial charge is 0.508 e. The molecular formula is C20H16N2O3. The van der Waals surface area contributed by atoms with E-state index in [4.69, 9.17) is 0 Å². The molecule has 0 atom stereocenters. The van der Waals surface area contributed by atoms with Crippen LogP contribution in [0, 0.1) is 0 Å². The van der Waals surface area contributed by atoms with Gasteiger partial charge in [-0.3, -0.25) is 4.79 Å². The molecule has 0 spiro atoms. The fourth-order valence-corrected chi connectivity index (χ4v) is 2.36. The van der Waals surface area contributed by atoms with E-state index in [0.29, 0.717) is 16.8 Å². The number of hydrogen-bond acceptors (Lipinski definition) is 4. The van der Waals surface area contributed by atoms with Crippen LogP contribution in [0.3, 0.4) is 0 Å². The Kier molecular flexibility index (Phi) is 4.76. The Morgan fingerprint density at radius 2 is 1.40 bits per heavy atom. The highest BCUT2D eigenvalue weighted by molar-refractivity contribution is 6.15. The number of phenolic OH excluding ortho intramolecular Hbond substituents is 2. The van der Waals surface area contributed by atoms with Gasteiger partial charge in [-0.25, -0.2) is 5.43 Å². The third-order valence-electron chi connectivity index (χ3n) is 3.59. The van der Waals surface area contributed by atoms with Gasteiger partial charge in [0.2, 0.25) is 0 Å². The SMILES string of the molecule is O=C(NN=C(c1ccccc1)c1ccc(O)cc1O)c1ccccc1. The first-order chi connectivity index (χ1) is 12.1. The van der Waals surface area contributed by atoms with E-state index in [0.717, 1.165) is 5.56 Å². The molecule has 0 saturated heterocycles. The van der Waals surface area contributed by atoms with Gasteiger partial charge >= 0.3 is 0 Å². The number of aromatic hydroxyl groups is 2. The highest BCUT2D eigenvalue weighted by Gasteiger charge is 2.13. The first-order valence-corrected chi connectivity index (χ1v) is 7.66. The Morgan fingerprint density at radius 1 is 0.800 bits per heavy atom. The minimum absolute atomic E-state index is 0.0537. The summed E-state index contributed by atoms with van der Waals surface area (Å²) in [5, 5.41) is 23.8. The number of carbonyl (C=O) groups excluding carboxylic acids is 1. The van der Waals surface area contributed by atoms with Crippen molar-refractivity contribution in [2.24, 2.45) is 5.10 Å². The summed E-state index contributed by atoms with van der Waals surface area (Å²) in [5.41, 5.74) is 4.50. The lowest BCUT2D eigenvalue weighted by molar-refractivity contribution is 0.0955. The van der Waals surface area contributed by atoms with Gasteiger partial charge in [-0.15, -0.1) is 0 Å². The van der Waals surface area contributed by atoms with Crippen molar-refractivity contribution in [2.75, 3.05) is 0 Å². The molecule has 5 nitrogen and oxygen atoms in total. The number of hydrogen-bond donors (Lipinski definition) is 3. The summed E-state index contributed by atoms with van der Waals surface area (Å²) in [5.74, 6) is -0.536. The van der Waals surface area contributed by atoms with Gasteiger partial charge in [-0.2, -0.15) is 5.10 Å². The molecule has 1 amide bonds. The molecule has 0 heterocycles. The Balaban J connectivity index is 1.98. The quantitative estimate of drug-likeness (QED) is 0.506. The summed E-state index contributed by atoms with van der Waals surface area (Å²) in [7, 11) is 0. The monoisotopic (exact) mass is 332 g/mol. The molecule has 0 unspecified atom stereocenters. The normalized spacial score (nSPS) is 11.1. The van der Waals surface area contributed by atoms with Crippen LogP contribution in [0.5, 0.6) is 11.5 Å². The molecule has 0 bridgehead atoms. The first kappa shape index (κ1) is 16.3. The van der Waals surface area contributed by atoms with E-state index in [1.165, 1.54) is 12.1 Å². The molecule has 124 valence electrons. The summed E-state index contributed by atoms with van der Waals surface area (Å²) in [4.78, 5) is 12.2. The third kappa shape index (κ3) is 3.84. The van der Waals surface area contributed by atoms with Gasteiger partial charge in [0.25, 0.3) is 5.91 Å². The molecule has 0 saturated carbocycles. The fraction of sp³-hybridized carbons (Fsp3) is 0. The molecule has 0 aliphatic heterocycles. The molecule has 0 aliphatic rings. The average Bonchev–Trinajstić information content (AvgIpc) is 2.64. The number of amides is 1.